The van der Waals surface area contributed by atoms with Crippen LogP contribution in [0, 0.1) is 0 Å². The molecule has 1 heterocycles. The molecule has 0 saturated carbocycles. The van der Waals surface area contributed by atoms with Crippen LogP contribution < -0.4 is 9.47 Å². The standard InChI is InChI=1S/C23H30N2O2S2/c1-5-24-21(17-9-13-19(14-10-17)26-7-3)25(6-2)23(28)29-22(24)18-11-15-20(16-12-18)27-8-4/h9-16,21-22H,5-8H2,1-4H3. The van der Waals surface area contributed by atoms with E-state index in [1.165, 1.54) is 11.1 Å². The SMILES string of the molecule is CCOc1ccc(C2SC(=S)N(CC)C(c3ccc(OCC)cc3)N2CC)cc1. The summed E-state index contributed by atoms with van der Waals surface area (Å²) in [6.07, 6.45) is 0.103. The Hall–Kier alpha value is -1.76. The molecule has 0 aliphatic carbocycles. The summed E-state index contributed by atoms with van der Waals surface area (Å²) in [6.45, 7) is 11.5. The van der Waals surface area contributed by atoms with Gasteiger partial charge in [-0.05, 0) is 62.7 Å². The summed E-state index contributed by atoms with van der Waals surface area (Å²) in [5.41, 5.74) is 2.48. The number of hydrogen-bond donors (Lipinski definition) is 0. The van der Waals surface area contributed by atoms with Crippen LogP contribution in [-0.4, -0.2) is 40.4 Å². The molecule has 156 valence electrons. The molecule has 1 aliphatic heterocycles. The van der Waals surface area contributed by atoms with E-state index in [9.17, 15) is 0 Å². The zero-order chi connectivity index (χ0) is 20.8. The van der Waals surface area contributed by atoms with E-state index >= 15 is 0 Å². The highest BCUT2D eigenvalue weighted by atomic mass is 32.2. The number of nitrogens with zero attached hydrogens (tertiary/aromatic N) is 2. The van der Waals surface area contributed by atoms with Gasteiger partial charge in [-0.2, -0.15) is 0 Å². The van der Waals surface area contributed by atoms with E-state index in [4.69, 9.17) is 21.7 Å². The Morgan fingerprint density at radius 3 is 1.76 bits per heavy atom. The Kier molecular flexibility index (Phi) is 7.81. The Morgan fingerprint density at radius 2 is 1.31 bits per heavy atom. The highest BCUT2D eigenvalue weighted by molar-refractivity contribution is 8.23. The molecule has 1 saturated heterocycles. The molecule has 0 aromatic heterocycles. The molecule has 6 heteroatoms. The minimum Gasteiger partial charge on any atom is -0.494 e. The first kappa shape index (κ1) is 21.9. The van der Waals surface area contributed by atoms with Crippen molar-refractivity contribution in [3.05, 3.63) is 59.7 Å². The van der Waals surface area contributed by atoms with Crippen LogP contribution in [0.4, 0.5) is 0 Å². The summed E-state index contributed by atoms with van der Waals surface area (Å²) in [7, 11) is 0. The largest absolute Gasteiger partial charge is 0.494 e. The van der Waals surface area contributed by atoms with Crippen molar-refractivity contribution < 1.29 is 9.47 Å². The number of benzene rings is 2. The van der Waals surface area contributed by atoms with Crippen molar-refractivity contribution in [1.82, 2.24) is 9.80 Å². The van der Waals surface area contributed by atoms with Gasteiger partial charge in [0, 0.05) is 6.54 Å². The first-order chi connectivity index (χ1) is 14.1. The Labute approximate surface area is 184 Å². The van der Waals surface area contributed by atoms with E-state index in [2.05, 4.69) is 60.0 Å². The van der Waals surface area contributed by atoms with Crippen LogP contribution in [0.25, 0.3) is 0 Å². The summed E-state index contributed by atoms with van der Waals surface area (Å²) in [4.78, 5) is 4.82. The maximum Gasteiger partial charge on any atom is 0.139 e. The van der Waals surface area contributed by atoms with E-state index in [-0.39, 0.29) is 11.5 Å². The fourth-order valence-electron chi connectivity index (χ4n) is 3.71. The van der Waals surface area contributed by atoms with Crippen molar-refractivity contribution >= 4 is 28.3 Å². The lowest BCUT2D eigenvalue weighted by atomic mass is 10.1. The van der Waals surface area contributed by atoms with Gasteiger partial charge in [0.1, 0.15) is 22.0 Å². The zero-order valence-electron chi connectivity index (χ0n) is 17.6. The molecule has 0 bridgehead atoms. The Bertz CT molecular complexity index is 796. The van der Waals surface area contributed by atoms with Gasteiger partial charge in [-0.25, -0.2) is 0 Å². The zero-order valence-corrected chi connectivity index (χ0v) is 19.3. The highest BCUT2D eigenvalue weighted by Gasteiger charge is 2.39. The molecule has 4 nitrogen and oxygen atoms in total. The minimum absolute atomic E-state index is 0.103. The number of thioether (sulfide) groups is 1. The molecule has 1 fully saturated rings. The van der Waals surface area contributed by atoms with E-state index in [0.717, 1.165) is 28.9 Å². The van der Waals surface area contributed by atoms with Gasteiger partial charge in [0.15, 0.2) is 0 Å². The van der Waals surface area contributed by atoms with Gasteiger partial charge < -0.3 is 14.4 Å². The molecule has 0 amide bonds. The minimum atomic E-state index is 0.103. The molecule has 2 atom stereocenters. The third-order valence-electron chi connectivity index (χ3n) is 5.03. The van der Waals surface area contributed by atoms with E-state index in [1.807, 2.05) is 26.0 Å². The molecule has 29 heavy (non-hydrogen) atoms. The van der Waals surface area contributed by atoms with Crippen LogP contribution in [-0.2, 0) is 0 Å². The number of hydrogen-bond acceptors (Lipinski definition) is 5. The third-order valence-corrected chi connectivity index (χ3v) is 6.75. The fourth-order valence-corrected chi connectivity index (χ4v) is 5.46. The van der Waals surface area contributed by atoms with Crippen molar-refractivity contribution in [2.24, 2.45) is 0 Å². The molecular weight excluding hydrogens is 400 g/mol. The number of ether oxygens (including phenoxy) is 2. The summed E-state index contributed by atoms with van der Waals surface area (Å²) in [5.74, 6) is 1.80. The average Bonchev–Trinajstić information content (AvgIpc) is 2.74. The summed E-state index contributed by atoms with van der Waals surface area (Å²) < 4.78 is 12.2. The second-order valence-electron chi connectivity index (χ2n) is 6.73. The molecule has 2 unspecified atom stereocenters. The molecular formula is C23H30N2O2S2. The van der Waals surface area contributed by atoms with Crippen LogP contribution in [0.5, 0.6) is 11.5 Å². The van der Waals surface area contributed by atoms with Crippen LogP contribution in [0.1, 0.15) is 50.4 Å². The number of thiocarbonyl (C=S) groups is 1. The van der Waals surface area contributed by atoms with Gasteiger partial charge in [-0.3, -0.25) is 4.90 Å². The van der Waals surface area contributed by atoms with Gasteiger partial charge in [0.25, 0.3) is 0 Å². The summed E-state index contributed by atoms with van der Waals surface area (Å²) in [5, 5.41) is 0.169. The van der Waals surface area contributed by atoms with Gasteiger partial charge in [-0.15, -0.1) is 0 Å². The van der Waals surface area contributed by atoms with Crippen molar-refractivity contribution in [2.75, 3.05) is 26.3 Å². The first-order valence-corrected chi connectivity index (χ1v) is 11.6. The third kappa shape index (κ3) is 4.87. The molecule has 0 N–H and O–H groups in total. The predicted octanol–water partition coefficient (Wildman–Crippen LogP) is 5.86. The topological polar surface area (TPSA) is 24.9 Å². The monoisotopic (exact) mass is 430 g/mol. The van der Waals surface area contributed by atoms with E-state index < -0.39 is 0 Å². The molecule has 1 aliphatic rings. The van der Waals surface area contributed by atoms with Crippen LogP contribution in [0.3, 0.4) is 0 Å². The summed E-state index contributed by atoms with van der Waals surface area (Å²) >= 11 is 7.58. The quantitative estimate of drug-likeness (QED) is 0.487. The van der Waals surface area contributed by atoms with E-state index in [0.29, 0.717) is 13.2 Å². The van der Waals surface area contributed by atoms with Crippen LogP contribution in [0.2, 0.25) is 0 Å². The lowest BCUT2D eigenvalue weighted by Crippen LogP contribution is -2.48. The van der Waals surface area contributed by atoms with Gasteiger partial charge in [-0.1, -0.05) is 55.2 Å². The second kappa shape index (κ2) is 10.3. The van der Waals surface area contributed by atoms with Crippen LogP contribution in [0.15, 0.2) is 48.5 Å². The Balaban J connectivity index is 1.94. The summed E-state index contributed by atoms with van der Waals surface area (Å²) in [6, 6.07) is 16.8. The van der Waals surface area contributed by atoms with Gasteiger partial charge in [0.05, 0.1) is 18.6 Å². The fraction of sp³-hybridized carbons (Fsp3) is 0.435. The molecule has 0 radical (unpaired) electrons. The molecule has 3 rings (SSSR count). The Morgan fingerprint density at radius 1 is 0.793 bits per heavy atom. The number of rotatable bonds is 8. The van der Waals surface area contributed by atoms with Crippen molar-refractivity contribution in [3.63, 3.8) is 0 Å². The average molecular weight is 431 g/mol. The predicted molar refractivity (Wildman–Crippen MR) is 126 cm³/mol. The van der Waals surface area contributed by atoms with Gasteiger partial charge >= 0.3 is 0 Å². The van der Waals surface area contributed by atoms with Crippen molar-refractivity contribution in [3.8, 4) is 11.5 Å². The van der Waals surface area contributed by atoms with Crippen molar-refractivity contribution in [2.45, 2.75) is 39.2 Å². The lowest BCUT2D eigenvalue weighted by Gasteiger charge is -2.48. The lowest BCUT2D eigenvalue weighted by molar-refractivity contribution is 0.0851. The van der Waals surface area contributed by atoms with Gasteiger partial charge in [0.2, 0.25) is 0 Å². The normalized spacial score (nSPS) is 20.0. The smallest absolute Gasteiger partial charge is 0.139 e. The highest BCUT2D eigenvalue weighted by Crippen LogP contribution is 2.46. The molecule has 2 aromatic rings. The second-order valence-corrected chi connectivity index (χ2v) is 8.44. The van der Waals surface area contributed by atoms with E-state index in [1.54, 1.807) is 11.8 Å². The van der Waals surface area contributed by atoms with Crippen LogP contribution >= 0.6 is 24.0 Å². The maximum absolute atomic E-state index is 5.83. The molecule has 0 spiro atoms. The molecule has 2 aromatic carbocycles. The first-order valence-electron chi connectivity index (χ1n) is 10.3. The maximum atomic E-state index is 5.83. The van der Waals surface area contributed by atoms with Crippen molar-refractivity contribution in [1.29, 1.82) is 0 Å².